The molecule has 0 bridgehead atoms. The maximum absolute atomic E-state index is 12.1. The van der Waals surface area contributed by atoms with Crippen molar-refractivity contribution < 1.29 is 22.7 Å². The van der Waals surface area contributed by atoms with Gasteiger partial charge >= 0.3 is 6.36 Å². The van der Waals surface area contributed by atoms with E-state index in [1.807, 2.05) is 17.8 Å². The van der Waals surface area contributed by atoms with E-state index in [1.54, 1.807) is 16.9 Å². The van der Waals surface area contributed by atoms with E-state index in [0.717, 1.165) is 23.5 Å². The van der Waals surface area contributed by atoms with E-state index in [9.17, 15) is 18.0 Å². The molecule has 3 rings (SSSR count). The lowest BCUT2D eigenvalue weighted by Gasteiger charge is -2.08. The molecule has 0 aromatic carbocycles. The average Bonchev–Trinajstić information content (AvgIpc) is 3.07. The van der Waals surface area contributed by atoms with Crippen molar-refractivity contribution >= 4 is 11.6 Å². The van der Waals surface area contributed by atoms with Crippen LogP contribution in [0, 0.1) is 0 Å². The number of fused-ring (bicyclic) bond motifs is 1. The first-order valence-electron chi connectivity index (χ1n) is 6.81. The van der Waals surface area contributed by atoms with Gasteiger partial charge in [-0.15, -0.1) is 13.2 Å². The van der Waals surface area contributed by atoms with Crippen molar-refractivity contribution in [3.8, 4) is 5.88 Å². The van der Waals surface area contributed by atoms with Crippen LogP contribution in [0.2, 0.25) is 0 Å². The monoisotopic (exact) mass is 339 g/mol. The number of carbonyl (C=O) groups is 1. The number of nitrogens with one attached hydrogen (secondary N) is 1. The lowest BCUT2D eigenvalue weighted by atomic mass is 10.2. The van der Waals surface area contributed by atoms with Crippen LogP contribution in [0.15, 0.2) is 36.9 Å². The average molecular weight is 339 g/mol. The first-order valence-corrected chi connectivity index (χ1v) is 6.81. The molecule has 3 aromatic heterocycles. The topological polar surface area (TPSA) is 73.5 Å². The molecule has 126 valence electrons. The summed E-state index contributed by atoms with van der Waals surface area (Å²) in [5, 5.41) is 6.81. The van der Waals surface area contributed by atoms with Crippen LogP contribution in [0.5, 0.6) is 5.88 Å². The standard InChI is InChI=1S/C14H12F3N5O2/c1-21-4-5-22-13(21)10(8-20-22)7-19-12(23)9-2-3-11(18-6-9)24-14(15,16)17/h2-6,8H,7H2,1H3,(H,19,23). The second-order valence-corrected chi connectivity index (χ2v) is 4.96. The van der Waals surface area contributed by atoms with Gasteiger partial charge in [0, 0.05) is 43.8 Å². The number of carbonyl (C=O) groups excluding carboxylic acids is 1. The third-order valence-corrected chi connectivity index (χ3v) is 3.27. The second-order valence-electron chi connectivity index (χ2n) is 4.96. The highest BCUT2D eigenvalue weighted by molar-refractivity contribution is 5.93. The van der Waals surface area contributed by atoms with Crippen LogP contribution in [0.4, 0.5) is 13.2 Å². The summed E-state index contributed by atoms with van der Waals surface area (Å²) in [6.45, 7) is 0.223. The van der Waals surface area contributed by atoms with E-state index in [2.05, 4.69) is 20.1 Å². The summed E-state index contributed by atoms with van der Waals surface area (Å²) in [6, 6.07) is 2.19. The Balaban J connectivity index is 1.65. The van der Waals surface area contributed by atoms with Gasteiger partial charge in [-0.05, 0) is 6.07 Å². The lowest BCUT2D eigenvalue weighted by molar-refractivity contribution is -0.276. The molecule has 0 unspecified atom stereocenters. The number of ether oxygens (including phenoxy) is 1. The van der Waals surface area contributed by atoms with E-state index < -0.39 is 18.1 Å². The highest BCUT2D eigenvalue weighted by Gasteiger charge is 2.31. The number of pyridine rings is 1. The van der Waals surface area contributed by atoms with E-state index in [1.165, 1.54) is 6.07 Å². The molecule has 0 fully saturated rings. The maximum Gasteiger partial charge on any atom is 0.574 e. The Labute approximate surface area is 133 Å². The van der Waals surface area contributed by atoms with Gasteiger partial charge in [0.15, 0.2) is 0 Å². The number of hydrogen-bond donors (Lipinski definition) is 1. The zero-order valence-corrected chi connectivity index (χ0v) is 12.4. The Morgan fingerprint density at radius 1 is 1.29 bits per heavy atom. The highest BCUT2D eigenvalue weighted by Crippen LogP contribution is 2.20. The van der Waals surface area contributed by atoms with Crippen LogP contribution in [-0.2, 0) is 13.6 Å². The number of amides is 1. The van der Waals surface area contributed by atoms with E-state index in [-0.39, 0.29) is 12.1 Å². The third kappa shape index (κ3) is 3.31. The van der Waals surface area contributed by atoms with Crippen LogP contribution in [0.3, 0.4) is 0 Å². The third-order valence-electron chi connectivity index (χ3n) is 3.27. The number of aryl methyl sites for hydroxylation is 1. The summed E-state index contributed by atoms with van der Waals surface area (Å²) in [5.41, 5.74) is 1.77. The molecule has 0 aliphatic rings. The molecule has 0 aliphatic carbocycles. The zero-order chi connectivity index (χ0) is 17.3. The van der Waals surface area contributed by atoms with Gasteiger partial charge < -0.3 is 14.6 Å². The minimum Gasteiger partial charge on any atom is -0.388 e. The van der Waals surface area contributed by atoms with Crippen LogP contribution in [0.25, 0.3) is 5.65 Å². The lowest BCUT2D eigenvalue weighted by Crippen LogP contribution is -2.23. The Kier molecular flexibility index (Phi) is 3.87. The quantitative estimate of drug-likeness (QED) is 0.788. The van der Waals surface area contributed by atoms with Crippen LogP contribution >= 0.6 is 0 Å². The van der Waals surface area contributed by atoms with Crippen LogP contribution in [0.1, 0.15) is 15.9 Å². The van der Waals surface area contributed by atoms with E-state index in [4.69, 9.17) is 0 Å². The Morgan fingerprint density at radius 3 is 2.75 bits per heavy atom. The van der Waals surface area contributed by atoms with Crippen molar-refractivity contribution in [1.29, 1.82) is 0 Å². The fourth-order valence-corrected chi connectivity index (χ4v) is 2.22. The molecule has 1 amide bonds. The molecule has 0 saturated heterocycles. The Morgan fingerprint density at radius 2 is 2.08 bits per heavy atom. The van der Waals surface area contributed by atoms with E-state index >= 15 is 0 Å². The minimum atomic E-state index is -4.82. The smallest absolute Gasteiger partial charge is 0.388 e. The van der Waals surface area contributed by atoms with Crippen molar-refractivity contribution in [1.82, 2.24) is 24.5 Å². The molecule has 0 aliphatic heterocycles. The Bertz CT molecular complexity index is 867. The van der Waals surface area contributed by atoms with Crippen molar-refractivity contribution in [3.05, 3.63) is 48.0 Å². The molecule has 0 saturated carbocycles. The number of hydrogen-bond acceptors (Lipinski definition) is 4. The zero-order valence-electron chi connectivity index (χ0n) is 12.4. The summed E-state index contributed by atoms with van der Waals surface area (Å²) in [4.78, 5) is 15.5. The van der Waals surface area contributed by atoms with Gasteiger partial charge in [0.25, 0.3) is 5.91 Å². The molecule has 24 heavy (non-hydrogen) atoms. The molecule has 3 heterocycles. The SMILES string of the molecule is Cn1ccn2ncc(CNC(=O)c3ccc(OC(F)(F)F)nc3)c12. The molecule has 0 atom stereocenters. The van der Waals surface area contributed by atoms with Gasteiger partial charge in [-0.2, -0.15) is 5.10 Å². The summed E-state index contributed by atoms with van der Waals surface area (Å²) < 4.78 is 43.4. The number of halogens is 3. The van der Waals surface area contributed by atoms with Gasteiger partial charge in [0.05, 0.1) is 11.8 Å². The predicted octanol–water partition coefficient (Wildman–Crippen LogP) is 1.90. The van der Waals surface area contributed by atoms with Crippen molar-refractivity contribution in [2.24, 2.45) is 7.05 Å². The van der Waals surface area contributed by atoms with Gasteiger partial charge in [0.1, 0.15) is 5.65 Å². The number of aromatic nitrogens is 4. The van der Waals surface area contributed by atoms with Gasteiger partial charge in [-0.25, -0.2) is 9.50 Å². The molecule has 0 radical (unpaired) electrons. The first-order chi connectivity index (χ1) is 11.3. The number of alkyl halides is 3. The van der Waals surface area contributed by atoms with Crippen LogP contribution in [-0.4, -0.2) is 31.4 Å². The number of imidazole rings is 1. The second kappa shape index (κ2) is 5.87. The molecule has 0 spiro atoms. The van der Waals surface area contributed by atoms with Gasteiger partial charge in [-0.3, -0.25) is 4.79 Å². The molecular weight excluding hydrogens is 327 g/mol. The largest absolute Gasteiger partial charge is 0.574 e. The fraction of sp³-hybridized carbons (Fsp3) is 0.214. The number of rotatable bonds is 4. The molecule has 7 nitrogen and oxygen atoms in total. The Hall–Kier alpha value is -3.04. The predicted molar refractivity (Wildman–Crippen MR) is 76.3 cm³/mol. The highest BCUT2D eigenvalue weighted by atomic mass is 19.4. The molecule has 10 heteroatoms. The minimum absolute atomic E-state index is 0.125. The van der Waals surface area contributed by atoms with Gasteiger partial charge in [-0.1, -0.05) is 0 Å². The summed E-state index contributed by atoms with van der Waals surface area (Å²) in [7, 11) is 1.85. The molecule has 1 N–H and O–H groups in total. The molecular formula is C14H12F3N5O2. The summed E-state index contributed by atoms with van der Waals surface area (Å²) >= 11 is 0. The first kappa shape index (κ1) is 15.8. The van der Waals surface area contributed by atoms with Crippen LogP contribution < -0.4 is 10.1 Å². The number of nitrogens with zero attached hydrogens (tertiary/aromatic N) is 4. The summed E-state index contributed by atoms with van der Waals surface area (Å²) in [6.07, 6.45) is 1.45. The van der Waals surface area contributed by atoms with Crippen molar-refractivity contribution in [3.63, 3.8) is 0 Å². The van der Waals surface area contributed by atoms with Crippen molar-refractivity contribution in [2.45, 2.75) is 12.9 Å². The fourth-order valence-electron chi connectivity index (χ4n) is 2.22. The maximum atomic E-state index is 12.1. The van der Waals surface area contributed by atoms with Crippen molar-refractivity contribution in [2.75, 3.05) is 0 Å². The summed E-state index contributed by atoms with van der Waals surface area (Å²) in [5.74, 6) is -1.09. The molecule has 3 aromatic rings. The van der Waals surface area contributed by atoms with E-state index in [0.29, 0.717) is 0 Å². The van der Waals surface area contributed by atoms with Gasteiger partial charge in [0.2, 0.25) is 5.88 Å². The normalized spacial score (nSPS) is 11.7.